The first-order valence-electron chi connectivity index (χ1n) is 11.5. The Balaban J connectivity index is 2.15. The lowest BCUT2D eigenvalue weighted by molar-refractivity contribution is 0.591. The summed E-state index contributed by atoms with van der Waals surface area (Å²) in [5.74, 6) is -0.210. The van der Waals surface area contributed by atoms with Gasteiger partial charge in [0.1, 0.15) is 5.82 Å². The standard InChI is InChI=1S/C32H25F/c1-32(2,3)22-14-16-26-27-17-15-23(33)19-29(27)31-25-11-7-5-9-21(25)13-12-20-8-4-6-10-24(20)30(31)28(26)18-22/h4-19H,1-3H3/b13-12?,20-12-,21-13-,30-24-,31-25-. The maximum Gasteiger partial charge on any atom is 0.123 e. The van der Waals surface area contributed by atoms with Gasteiger partial charge in [0.2, 0.25) is 0 Å². The molecule has 0 radical (unpaired) electrons. The number of rotatable bonds is 0. The van der Waals surface area contributed by atoms with E-state index < -0.39 is 0 Å². The summed E-state index contributed by atoms with van der Waals surface area (Å²) in [5.41, 5.74) is 1.32. The molecule has 1 aliphatic carbocycles. The molecule has 0 bridgehead atoms. The highest BCUT2D eigenvalue weighted by molar-refractivity contribution is 6.08. The highest BCUT2D eigenvalue weighted by Crippen LogP contribution is 2.33. The minimum Gasteiger partial charge on any atom is -0.207 e. The summed E-state index contributed by atoms with van der Waals surface area (Å²) in [5, 5.41) is 11.3. The first-order valence-corrected chi connectivity index (χ1v) is 11.5. The third kappa shape index (κ3) is 3.11. The van der Waals surface area contributed by atoms with Crippen LogP contribution in [0, 0.1) is 26.7 Å². The van der Waals surface area contributed by atoms with Gasteiger partial charge in [-0.1, -0.05) is 99.7 Å². The molecule has 0 aliphatic heterocycles. The van der Waals surface area contributed by atoms with E-state index in [9.17, 15) is 4.39 Å². The van der Waals surface area contributed by atoms with Crippen LogP contribution >= 0.6 is 0 Å². The van der Waals surface area contributed by atoms with Gasteiger partial charge in [-0.25, -0.2) is 4.39 Å². The fourth-order valence-corrected chi connectivity index (χ4v) is 5.16. The van der Waals surface area contributed by atoms with Crippen LogP contribution in [0.5, 0.6) is 0 Å². The Hall–Kier alpha value is -3.71. The van der Waals surface area contributed by atoms with E-state index in [0.29, 0.717) is 0 Å². The third-order valence-corrected chi connectivity index (χ3v) is 6.85. The van der Waals surface area contributed by atoms with Crippen LogP contribution in [0.4, 0.5) is 4.39 Å². The van der Waals surface area contributed by atoms with Crippen molar-refractivity contribution in [3.8, 4) is 0 Å². The van der Waals surface area contributed by atoms with Crippen molar-refractivity contribution in [2.75, 3.05) is 0 Å². The number of hydrogen-bond donors (Lipinski definition) is 0. The fraction of sp³-hybridized carbons (Fsp3) is 0.125. The molecule has 0 saturated carbocycles. The second kappa shape index (κ2) is 7.15. The lowest BCUT2D eigenvalue weighted by atomic mass is 9.84. The monoisotopic (exact) mass is 428 g/mol. The highest BCUT2D eigenvalue weighted by atomic mass is 19.1. The van der Waals surface area contributed by atoms with Crippen molar-refractivity contribution in [3.63, 3.8) is 0 Å². The number of fused-ring (bicyclic) bond motifs is 8. The zero-order valence-corrected chi connectivity index (χ0v) is 19.1. The van der Waals surface area contributed by atoms with Crippen LogP contribution in [0.3, 0.4) is 0 Å². The average molecular weight is 429 g/mol. The molecular formula is C32H25F. The van der Waals surface area contributed by atoms with Gasteiger partial charge >= 0.3 is 0 Å². The van der Waals surface area contributed by atoms with Gasteiger partial charge in [0, 0.05) is 0 Å². The van der Waals surface area contributed by atoms with Gasteiger partial charge in [-0.2, -0.15) is 0 Å². The van der Waals surface area contributed by atoms with E-state index in [-0.39, 0.29) is 11.2 Å². The Labute approximate surface area is 191 Å². The zero-order chi connectivity index (χ0) is 22.7. The Kier molecular flexibility index (Phi) is 4.32. The number of halogens is 1. The molecule has 0 amide bonds. The van der Waals surface area contributed by atoms with Gasteiger partial charge in [-0.05, 0) is 82.0 Å². The Morgan fingerprint density at radius 3 is 1.64 bits per heavy atom. The van der Waals surface area contributed by atoms with Gasteiger partial charge in [0.05, 0.1) is 0 Å². The van der Waals surface area contributed by atoms with Crippen molar-refractivity contribution in [3.05, 3.63) is 128 Å². The van der Waals surface area contributed by atoms with Crippen LogP contribution in [-0.4, -0.2) is 0 Å². The summed E-state index contributed by atoms with van der Waals surface area (Å²) in [6, 6.07) is 29.0. The smallest absolute Gasteiger partial charge is 0.123 e. The Morgan fingerprint density at radius 2 is 1.06 bits per heavy atom. The summed E-state index contributed by atoms with van der Waals surface area (Å²) >= 11 is 0. The molecule has 0 atom stereocenters. The van der Waals surface area contributed by atoms with Crippen molar-refractivity contribution < 1.29 is 4.39 Å². The average Bonchev–Trinajstić information content (AvgIpc) is 2.80. The van der Waals surface area contributed by atoms with Gasteiger partial charge < -0.3 is 0 Å². The predicted molar refractivity (Wildman–Crippen MR) is 137 cm³/mol. The van der Waals surface area contributed by atoms with Crippen LogP contribution in [0.1, 0.15) is 26.3 Å². The van der Waals surface area contributed by atoms with Gasteiger partial charge in [-0.15, -0.1) is 0 Å². The van der Waals surface area contributed by atoms with Crippen molar-refractivity contribution in [1.29, 1.82) is 0 Å². The van der Waals surface area contributed by atoms with E-state index in [4.69, 9.17) is 0 Å². The molecule has 5 aromatic carbocycles. The molecule has 33 heavy (non-hydrogen) atoms. The molecule has 160 valence electrons. The topological polar surface area (TPSA) is 0 Å². The van der Waals surface area contributed by atoms with E-state index >= 15 is 0 Å². The molecule has 0 saturated heterocycles. The molecule has 0 unspecified atom stereocenters. The normalized spacial score (nSPS) is 17.0. The van der Waals surface area contributed by atoms with Crippen LogP contribution < -0.4 is 10.4 Å². The SMILES string of the molecule is CC(C)(C)c1ccc2c(c1)c1/c(c3cc(F)ccc32)=c2/cccc/c2=C/C=c2/cccc/c2=1. The molecule has 5 aromatic rings. The summed E-state index contributed by atoms with van der Waals surface area (Å²) < 4.78 is 14.7. The third-order valence-electron chi connectivity index (χ3n) is 6.85. The zero-order valence-electron chi connectivity index (χ0n) is 19.1. The predicted octanol–water partition coefficient (Wildman–Crippen LogP) is 6.58. The summed E-state index contributed by atoms with van der Waals surface area (Å²) in [6.07, 6.45) is 4.38. The molecule has 1 aliphatic rings. The molecule has 0 N–H and O–H groups in total. The largest absolute Gasteiger partial charge is 0.207 e. The number of benzene rings is 5. The first kappa shape index (κ1) is 19.9. The maximum atomic E-state index is 14.7. The highest BCUT2D eigenvalue weighted by Gasteiger charge is 2.16. The lowest BCUT2D eigenvalue weighted by Crippen LogP contribution is -2.12. The van der Waals surface area contributed by atoms with E-state index in [2.05, 4.69) is 99.7 Å². The van der Waals surface area contributed by atoms with Crippen LogP contribution in [0.25, 0.3) is 33.7 Å². The van der Waals surface area contributed by atoms with Crippen LogP contribution in [-0.2, 0) is 5.41 Å². The fourth-order valence-electron chi connectivity index (χ4n) is 5.16. The quantitative estimate of drug-likeness (QED) is 0.245. The van der Waals surface area contributed by atoms with Crippen LogP contribution in [0.15, 0.2) is 84.9 Å². The Bertz CT molecular complexity index is 1910. The first-order chi connectivity index (χ1) is 15.9. The van der Waals surface area contributed by atoms with Crippen molar-refractivity contribution >= 4 is 33.7 Å². The summed E-state index contributed by atoms with van der Waals surface area (Å²) in [6.45, 7) is 6.75. The van der Waals surface area contributed by atoms with Crippen LogP contribution in [0.2, 0.25) is 0 Å². The molecule has 0 nitrogen and oxygen atoms in total. The van der Waals surface area contributed by atoms with Crippen molar-refractivity contribution in [2.24, 2.45) is 0 Å². The molecule has 0 heterocycles. The van der Waals surface area contributed by atoms with E-state index in [1.54, 1.807) is 12.1 Å². The van der Waals surface area contributed by atoms with Gasteiger partial charge in [0.25, 0.3) is 0 Å². The minimum absolute atomic E-state index is 0.0256. The molecule has 0 aromatic heterocycles. The second-order valence-electron chi connectivity index (χ2n) is 9.96. The molecule has 0 spiro atoms. The van der Waals surface area contributed by atoms with Crippen molar-refractivity contribution in [2.45, 2.75) is 26.2 Å². The Morgan fingerprint density at radius 1 is 0.545 bits per heavy atom. The van der Waals surface area contributed by atoms with E-state index in [0.717, 1.165) is 31.8 Å². The molecule has 0 fully saturated rings. The van der Waals surface area contributed by atoms with E-state index in [1.807, 2.05) is 6.07 Å². The molecular weight excluding hydrogens is 403 g/mol. The summed E-state index contributed by atoms with van der Waals surface area (Å²) in [4.78, 5) is 0. The van der Waals surface area contributed by atoms with E-state index in [1.165, 1.54) is 26.6 Å². The van der Waals surface area contributed by atoms with Gasteiger partial charge in [-0.3, -0.25) is 0 Å². The molecule has 1 heteroatoms. The maximum absolute atomic E-state index is 14.7. The molecule has 6 rings (SSSR count). The minimum atomic E-state index is -0.210. The lowest BCUT2D eigenvalue weighted by Gasteiger charge is -2.20. The summed E-state index contributed by atoms with van der Waals surface area (Å²) in [7, 11) is 0. The second-order valence-corrected chi connectivity index (χ2v) is 9.96. The van der Waals surface area contributed by atoms with Gasteiger partial charge in [0.15, 0.2) is 0 Å². The van der Waals surface area contributed by atoms with Crippen molar-refractivity contribution in [1.82, 2.24) is 0 Å². The number of hydrogen-bond acceptors (Lipinski definition) is 0.